The molecule has 0 aromatic rings. The van der Waals surface area contributed by atoms with E-state index in [1.165, 1.54) is 32.5 Å². The summed E-state index contributed by atoms with van der Waals surface area (Å²) in [6, 6.07) is 0. The van der Waals surface area contributed by atoms with Gasteiger partial charge in [0.25, 0.3) is 0 Å². The van der Waals surface area contributed by atoms with Crippen LogP contribution in [0, 0.1) is 11.8 Å². The molecule has 0 aromatic carbocycles. The first-order chi connectivity index (χ1) is 11.7. The number of rotatable bonds is 6. The van der Waals surface area contributed by atoms with E-state index in [-0.39, 0.29) is 29.9 Å². The van der Waals surface area contributed by atoms with Gasteiger partial charge < -0.3 is 20.4 Å². The zero-order valence-corrected chi connectivity index (χ0v) is 18.4. The molecule has 1 atom stereocenters. The first-order valence-electron chi connectivity index (χ1n) is 9.54. The maximum atomic E-state index is 11.5. The largest absolute Gasteiger partial charge is 0.359 e. The highest BCUT2D eigenvalue weighted by Crippen LogP contribution is 2.21. The first-order valence-corrected chi connectivity index (χ1v) is 9.54. The van der Waals surface area contributed by atoms with Gasteiger partial charge in [-0.15, -0.1) is 24.0 Å². The number of halogens is 1. The molecule has 0 aromatic heterocycles. The van der Waals surface area contributed by atoms with Gasteiger partial charge in [-0.1, -0.05) is 6.92 Å². The fourth-order valence-corrected chi connectivity index (χ4v) is 3.88. The second-order valence-corrected chi connectivity index (χ2v) is 7.19. The van der Waals surface area contributed by atoms with Crippen molar-refractivity contribution in [2.24, 2.45) is 16.8 Å². The van der Waals surface area contributed by atoms with Crippen molar-refractivity contribution in [3.8, 4) is 0 Å². The molecule has 146 valence electrons. The summed E-state index contributed by atoms with van der Waals surface area (Å²) in [5.74, 6) is 2.44. The van der Waals surface area contributed by atoms with E-state index >= 15 is 0 Å². The van der Waals surface area contributed by atoms with Gasteiger partial charge in [0.05, 0.1) is 0 Å². The van der Waals surface area contributed by atoms with Crippen molar-refractivity contribution >= 4 is 35.8 Å². The third-order valence-electron chi connectivity index (χ3n) is 5.34. The molecule has 2 heterocycles. The SMILES string of the molecule is CCCN1CCC(CNC(=NC)N2CCC(CC(=O)NC)CC2)C1.I. The van der Waals surface area contributed by atoms with Gasteiger partial charge in [0, 0.05) is 46.7 Å². The van der Waals surface area contributed by atoms with Crippen LogP contribution in [0.2, 0.25) is 0 Å². The lowest BCUT2D eigenvalue weighted by Gasteiger charge is -2.34. The fourth-order valence-electron chi connectivity index (χ4n) is 3.88. The van der Waals surface area contributed by atoms with Crippen LogP contribution in [0.5, 0.6) is 0 Å². The topological polar surface area (TPSA) is 60.0 Å². The molecule has 0 spiro atoms. The molecule has 6 nitrogen and oxygen atoms in total. The van der Waals surface area contributed by atoms with Crippen LogP contribution in [-0.2, 0) is 4.79 Å². The van der Waals surface area contributed by atoms with Gasteiger partial charge in [0.2, 0.25) is 5.91 Å². The number of aliphatic imine (C=N–C) groups is 1. The molecule has 2 N–H and O–H groups in total. The Bertz CT molecular complexity index is 424. The van der Waals surface area contributed by atoms with E-state index in [9.17, 15) is 4.79 Å². The summed E-state index contributed by atoms with van der Waals surface area (Å²) < 4.78 is 0. The van der Waals surface area contributed by atoms with Gasteiger partial charge in [-0.25, -0.2) is 0 Å². The Morgan fingerprint density at radius 1 is 1.16 bits per heavy atom. The number of nitrogens with one attached hydrogen (secondary N) is 2. The Labute approximate surface area is 170 Å². The Balaban J connectivity index is 0.00000312. The van der Waals surface area contributed by atoms with Crippen LogP contribution in [0.15, 0.2) is 4.99 Å². The minimum atomic E-state index is 0. The van der Waals surface area contributed by atoms with Crippen LogP contribution in [0.25, 0.3) is 0 Å². The summed E-state index contributed by atoms with van der Waals surface area (Å²) in [5, 5.41) is 6.31. The summed E-state index contributed by atoms with van der Waals surface area (Å²) in [4.78, 5) is 20.9. The van der Waals surface area contributed by atoms with Gasteiger partial charge in [0.1, 0.15) is 0 Å². The lowest BCUT2D eigenvalue weighted by Crippen LogP contribution is -2.47. The number of guanidine groups is 1. The molecule has 0 bridgehead atoms. The number of piperidine rings is 1. The van der Waals surface area contributed by atoms with Gasteiger partial charge in [0.15, 0.2) is 5.96 Å². The molecule has 2 fully saturated rings. The summed E-state index contributed by atoms with van der Waals surface area (Å²) in [7, 11) is 3.59. The van der Waals surface area contributed by atoms with Crippen molar-refractivity contribution in [2.75, 3.05) is 53.4 Å². The predicted octanol–water partition coefficient (Wildman–Crippen LogP) is 1.76. The highest BCUT2D eigenvalue weighted by atomic mass is 127. The number of likely N-dealkylation sites (tertiary alicyclic amines) is 2. The molecule has 25 heavy (non-hydrogen) atoms. The Hall–Kier alpha value is -0.570. The summed E-state index contributed by atoms with van der Waals surface area (Å²) in [5.41, 5.74) is 0. The van der Waals surface area contributed by atoms with Gasteiger partial charge >= 0.3 is 0 Å². The summed E-state index contributed by atoms with van der Waals surface area (Å²) in [6.45, 7) is 8.94. The molecule has 2 saturated heterocycles. The zero-order valence-electron chi connectivity index (χ0n) is 16.1. The van der Waals surface area contributed by atoms with E-state index in [0.29, 0.717) is 12.3 Å². The Morgan fingerprint density at radius 3 is 2.44 bits per heavy atom. The molecular weight excluding hydrogens is 429 g/mol. The number of hydrogen-bond acceptors (Lipinski definition) is 3. The molecule has 1 unspecified atom stereocenters. The Kier molecular flexibility index (Phi) is 10.7. The van der Waals surface area contributed by atoms with Crippen molar-refractivity contribution in [2.45, 2.75) is 39.0 Å². The first kappa shape index (κ1) is 22.5. The highest BCUT2D eigenvalue weighted by Gasteiger charge is 2.25. The van der Waals surface area contributed by atoms with Crippen molar-refractivity contribution in [3.05, 3.63) is 0 Å². The molecule has 0 radical (unpaired) electrons. The summed E-state index contributed by atoms with van der Waals surface area (Å²) in [6.07, 6.45) is 5.33. The quantitative estimate of drug-likeness (QED) is 0.357. The molecular formula is C18H36IN5O. The minimum absolute atomic E-state index is 0. The third-order valence-corrected chi connectivity index (χ3v) is 5.34. The average molecular weight is 465 g/mol. The molecule has 0 aliphatic carbocycles. The van der Waals surface area contributed by atoms with Crippen molar-refractivity contribution in [3.63, 3.8) is 0 Å². The number of carbonyl (C=O) groups is 1. The zero-order chi connectivity index (χ0) is 17.4. The minimum Gasteiger partial charge on any atom is -0.359 e. The summed E-state index contributed by atoms with van der Waals surface area (Å²) >= 11 is 0. The van der Waals surface area contributed by atoms with Crippen molar-refractivity contribution in [1.29, 1.82) is 0 Å². The van der Waals surface area contributed by atoms with Crippen LogP contribution in [0.4, 0.5) is 0 Å². The van der Waals surface area contributed by atoms with E-state index in [4.69, 9.17) is 0 Å². The third kappa shape index (κ3) is 7.29. The average Bonchev–Trinajstić information content (AvgIpc) is 3.04. The second-order valence-electron chi connectivity index (χ2n) is 7.19. The lowest BCUT2D eigenvalue weighted by molar-refractivity contribution is -0.121. The maximum absolute atomic E-state index is 11.5. The van der Waals surface area contributed by atoms with Crippen molar-refractivity contribution in [1.82, 2.24) is 20.4 Å². The van der Waals surface area contributed by atoms with Crippen LogP contribution >= 0.6 is 24.0 Å². The molecule has 2 aliphatic rings. The number of hydrogen-bond donors (Lipinski definition) is 2. The van der Waals surface area contributed by atoms with E-state index in [1.54, 1.807) is 7.05 Å². The van der Waals surface area contributed by atoms with Crippen LogP contribution in [0.1, 0.15) is 39.0 Å². The van der Waals surface area contributed by atoms with Crippen molar-refractivity contribution < 1.29 is 4.79 Å². The number of nitrogens with zero attached hydrogens (tertiary/aromatic N) is 3. The smallest absolute Gasteiger partial charge is 0.220 e. The lowest BCUT2D eigenvalue weighted by atomic mass is 9.93. The molecule has 2 aliphatic heterocycles. The fraction of sp³-hybridized carbons (Fsp3) is 0.889. The molecule has 1 amide bonds. The monoisotopic (exact) mass is 465 g/mol. The number of carbonyl (C=O) groups excluding carboxylic acids is 1. The number of amides is 1. The van der Waals surface area contributed by atoms with E-state index < -0.39 is 0 Å². The van der Waals surface area contributed by atoms with E-state index in [2.05, 4.69) is 32.3 Å². The van der Waals surface area contributed by atoms with Gasteiger partial charge in [-0.3, -0.25) is 9.79 Å². The van der Waals surface area contributed by atoms with E-state index in [1.807, 2.05) is 7.05 Å². The molecule has 2 rings (SSSR count). The Morgan fingerprint density at radius 2 is 1.84 bits per heavy atom. The van der Waals surface area contributed by atoms with Crippen LogP contribution < -0.4 is 10.6 Å². The van der Waals surface area contributed by atoms with Crippen LogP contribution in [0.3, 0.4) is 0 Å². The van der Waals surface area contributed by atoms with Gasteiger partial charge in [-0.05, 0) is 50.6 Å². The molecule has 7 heteroatoms. The van der Waals surface area contributed by atoms with E-state index in [0.717, 1.165) is 44.4 Å². The molecule has 0 saturated carbocycles. The predicted molar refractivity (Wildman–Crippen MR) is 115 cm³/mol. The highest BCUT2D eigenvalue weighted by molar-refractivity contribution is 14.0. The van der Waals surface area contributed by atoms with Crippen LogP contribution in [-0.4, -0.2) is 75.0 Å². The van der Waals surface area contributed by atoms with Gasteiger partial charge in [-0.2, -0.15) is 0 Å². The maximum Gasteiger partial charge on any atom is 0.220 e. The standard InChI is InChI=1S/C18H35N5O.HI/c1-4-8-22-9-5-16(14-22)13-21-18(20-3)23-10-6-15(7-11-23)12-17(24)19-2;/h15-16H,4-14H2,1-3H3,(H,19,24)(H,20,21);1H. The normalized spacial score (nSPS) is 22.6. The second kappa shape index (κ2) is 11.9.